The van der Waals surface area contributed by atoms with E-state index in [1.165, 1.54) is 13.8 Å². The van der Waals surface area contributed by atoms with Crippen molar-refractivity contribution in [2.24, 2.45) is 11.8 Å². The normalized spacial score (nSPS) is 17.9. The zero-order valence-corrected chi connectivity index (χ0v) is 22.2. The number of carboxylic acid groups (broad SMARTS) is 1. The second-order valence-electron chi connectivity index (χ2n) is 9.90. The topological polar surface area (TPSA) is 83.9 Å². The molecule has 6 nitrogen and oxygen atoms in total. The second-order valence-corrected chi connectivity index (χ2v) is 10.8. The maximum Gasteiger partial charge on any atom is 0.347 e. The molecule has 0 unspecified atom stereocenters. The van der Waals surface area contributed by atoms with Crippen molar-refractivity contribution < 1.29 is 24.2 Å². The summed E-state index contributed by atoms with van der Waals surface area (Å²) in [6, 6.07) is 11.7. The fourth-order valence-electron chi connectivity index (χ4n) is 4.68. The first-order chi connectivity index (χ1) is 16.4. The average Bonchev–Trinajstić information content (AvgIpc) is 3.24. The molecule has 1 aliphatic heterocycles. The first-order valence-electron chi connectivity index (χ1n) is 11.9. The van der Waals surface area contributed by atoms with Crippen LogP contribution in [0.15, 0.2) is 41.3 Å². The molecule has 1 fully saturated rings. The van der Waals surface area contributed by atoms with Crippen molar-refractivity contribution in [1.29, 1.82) is 0 Å². The van der Waals surface area contributed by atoms with Gasteiger partial charge in [0.05, 0.1) is 0 Å². The van der Waals surface area contributed by atoms with Crippen LogP contribution in [0.1, 0.15) is 54.2 Å². The number of carbonyl (C=O) groups is 3. The van der Waals surface area contributed by atoms with Crippen LogP contribution in [0.25, 0.3) is 0 Å². The molecule has 2 atom stereocenters. The number of thioether (sulfide) groups is 1. The number of Topliss-reactive ketones (excluding diaryl/α,β-unsaturated/α-hetero) is 1. The van der Waals surface area contributed by atoms with Crippen molar-refractivity contribution in [3.05, 3.63) is 58.7 Å². The van der Waals surface area contributed by atoms with E-state index in [0.717, 1.165) is 34.4 Å². The zero-order valence-electron chi connectivity index (χ0n) is 21.4. The molecule has 0 aliphatic carbocycles. The summed E-state index contributed by atoms with van der Waals surface area (Å²) in [6.45, 7) is 9.51. The molecule has 1 heterocycles. The molecule has 0 radical (unpaired) electrons. The molecule has 35 heavy (non-hydrogen) atoms. The Balaban J connectivity index is 1.76. The Morgan fingerprint density at radius 3 is 2.20 bits per heavy atom. The summed E-state index contributed by atoms with van der Waals surface area (Å²) in [5.41, 5.74) is 2.24. The molecule has 2 aromatic carbocycles. The number of hydrogen-bond acceptors (Lipinski definition) is 5. The highest BCUT2D eigenvalue weighted by Gasteiger charge is 2.38. The van der Waals surface area contributed by atoms with Gasteiger partial charge in [-0.1, -0.05) is 24.3 Å². The van der Waals surface area contributed by atoms with E-state index in [-0.39, 0.29) is 23.5 Å². The van der Waals surface area contributed by atoms with Crippen LogP contribution in [0, 0.1) is 25.7 Å². The van der Waals surface area contributed by atoms with E-state index in [2.05, 4.69) is 0 Å². The van der Waals surface area contributed by atoms with Gasteiger partial charge < -0.3 is 14.7 Å². The lowest BCUT2D eigenvalue weighted by Crippen LogP contribution is -2.38. The molecule has 0 spiro atoms. The van der Waals surface area contributed by atoms with Crippen molar-refractivity contribution in [2.45, 2.75) is 58.0 Å². The van der Waals surface area contributed by atoms with Gasteiger partial charge in [-0.05, 0) is 81.5 Å². The third kappa shape index (κ3) is 6.26. The van der Waals surface area contributed by atoms with E-state index in [9.17, 15) is 19.5 Å². The zero-order chi connectivity index (χ0) is 25.9. The fraction of sp³-hybridized carbons (Fsp3) is 0.464. The third-order valence-corrected chi connectivity index (χ3v) is 7.54. The van der Waals surface area contributed by atoms with Gasteiger partial charge in [0, 0.05) is 36.4 Å². The quantitative estimate of drug-likeness (QED) is 0.380. The van der Waals surface area contributed by atoms with Crippen molar-refractivity contribution in [3.63, 3.8) is 0 Å². The summed E-state index contributed by atoms with van der Waals surface area (Å²) in [7, 11) is 0. The standard InChI is InChI=1S/C28H35NO5S/c1-17-13-20(14-18(2)26(17)34-28(4,5)27(32)33)7-8-22-15-29(19(3)30)16-24(22)25(31)21-9-11-23(35-6)12-10-21/h9-14,22,24H,7-8,15-16H2,1-6H3,(H,32,33)/t22-,24-/m0/s1. The highest BCUT2D eigenvalue weighted by molar-refractivity contribution is 7.98. The first-order valence-corrected chi connectivity index (χ1v) is 13.1. The number of rotatable bonds is 9. The van der Waals surface area contributed by atoms with Crippen LogP contribution >= 0.6 is 11.8 Å². The van der Waals surface area contributed by atoms with E-state index in [1.54, 1.807) is 23.6 Å². The third-order valence-electron chi connectivity index (χ3n) is 6.79. The van der Waals surface area contributed by atoms with Crippen LogP contribution in [-0.2, 0) is 16.0 Å². The second kappa shape index (κ2) is 10.9. The Bertz CT molecular complexity index is 1090. The lowest BCUT2D eigenvalue weighted by atomic mass is 9.84. The molecule has 1 saturated heterocycles. The van der Waals surface area contributed by atoms with Crippen molar-refractivity contribution in [2.75, 3.05) is 19.3 Å². The lowest BCUT2D eigenvalue weighted by Gasteiger charge is -2.25. The number of likely N-dealkylation sites (tertiary alicyclic amines) is 1. The fourth-order valence-corrected chi connectivity index (χ4v) is 5.09. The van der Waals surface area contributed by atoms with Crippen molar-refractivity contribution in [1.82, 2.24) is 4.90 Å². The minimum atomic E-state index is -1.32. The molecule has 0 bridgehead atoms. The molecule has 188 valence electrons. The van der Waals surface area contributed by atoms with Crippen LogP contribution in [0.2, 0.25) is 0 Å². The minimum absolute atomic E-state index is 0.00253. The molecular weight excluding hydrogens is 462 g/mol. The van der Waals surface area contributed by atoms with Crippen LogP contribution in [0.5, 0.6) is 5.75 Å². The van der Waals surface area contributed by atoms with E-state index in [1.807, 2.05) is 56.5 Å². The van der Waals surface area contributed by atoms with Crippen molar-refractivity contribution in [3.8, 4) is 5.75 Å². The number of ether oxygens (including phenoxy) is 1. The number of carbonyl (C=O) groups excluding carboxylic acids is 2. The minimum Gasteiger partial charge on any atom is -0.478 e. The Morgan fingerprint density at radius 2 is 1.69 bits per heavy atom. The van der Waals surface area contributed by atoms with Crippen LogP contribution in [0.4, 0.5) is 0 Å². The number of nitrogens with zero attached hydrogens (tertiary/aromatic N) is 1. The summed E-state index contributed by atoms with van der Waals surface area (Å²) >= 11 is 1.64. The predicted molar refractivity (Wildman–Crippen MR) is 138 cm³/mol. The van der Waals surface area contributed by atoms with Gasteiger partial charge in [0.25, 0.3) is 0 Å². The SMILES string of the molecule is CSc1ccc(C(=O)[C@H]2CN(C(C)=O)C[C@@H]2CCc2cc(C)c(OC(C)(C)C(=O)O)c(C)c2)cc1. The number of aliphatic carboxylic acids is 1. The number of carboxylic acids is 1. The molecule has 7 heteroatoms. The van der Waals surface area contributed by atoms with Gasteiger partial charge in [-0.2, -0.15) is 0 Å². The van der Waals surface area contributed by atoms with E-state index in [0.29, 0.717) is 24.4 Å². The van der Waals surface area contributed by atoms with Gasteiger partial charge >= 0.3 is 5.97 Å². The molecule has 2 aromatic rings. The summed E-state index contributed by atoms with van der Waals surface area (Å²) < 4.78 is 5.82. The van der Waals surface area contributed by atoms with Gasteiger partial charge in [0.15, 0.2) is 11.4 Å². The van der Waals surface area contributed by atoms with E-state index in [4.69, 9.17) is 4.74 Å². The Labute approximate surface area is 212 Å². The molecule has 1 aliphatic rings. The molecule has 1 N–H and O–H groups in total. The summed E-state index contributed by atoms with van der Waals surface area (Å²) in [5, 5.41) is 9.40. The van der Waals surface area contributed by atoms with Crippen LogP contribution in [0.3, 0.4) is 0 Å². The van der Waals surface area contributed by atoms with Gasteiger partial charge in [0.2, 0.25) is 5.91 Å². The summed E-state index contributed by atoms with van der Waals surface area (Å²) in [6.07, 6.45) is 3.54. The number of ketones is 1. The predicted octanol–water partition coefficient (Wildman–Crippen LogP) is 5.18. The number of hydrogen-bond donors (Lipinski definition) is 1. The summed E-state index contributed by atoms with van der Waals surface area (Å²) in [5.74, 6) is -0.480. The van der Waals surface area contributed by atoms with Gasteiger partial charge in [-0.15, -0.1) is 11.8 Å². The monoisotopic (exact) mass is 497 g/mol. The van der Waals surface area contributed by atoms with Crippen LogP contribution < -0.4 is 4.74 Å². The first kappa shape index (κ1) is 26.8. The molecule has 0 saturated carbocycles. The molecule has 0 aromatic heterocycles. The number of amides is 1. The maximum absolute atomic E-state index is 13.4. The lowest BCUT2D eigenvalue weighted by molar-refractivity contribution is -0.152. The van der Waals surface area contributed by atoms with Gasteiger partial charge in [0.1, 0.15) is 5.75 Å². The van der Waals surface area contributed by atoms with E-state index < -0.39 is 11.6 Å². The molecule has 3 rings (SSSR count). The largest absolute Gasteiger partial charge is 0.478 e. The number of aryl methyl sites for hydroxylation is 3. The van der Waals surface area contributed by atoms with Gasteiger partial charge in [-0.25, -0.2) is 4.79 Å². The highest BCUT2D eigenvalue weighted by atomic mass is 32.2. The molecular formula is C28H35NO5S. The Hall–Kier alpha value is -2.80. The average molecular weight is 498 g/mol. The smallest absolute Gasteiger partial charge is 0.347 e. The van der Waals surface area contributed by atoms with Gasteiger partial charge in [-0.3, -0.25) is 9.59 Å². The maximum atomic E-state index is 13.4. The highest BCUT2D eigenvalue weighted by Crippen LogP contribution is 2.33. The Morgan fingerprint density at radius 1 is 1.09 bits per heavy atom. The van der Waals surface area contributed by atoms with E-state index >= 15 is 0 Å². The van der Waals surface area contributed by atoms with Crippen molar-refractivity contribution >= 4 is 29.4 Å². The Kier molecular flexibility index (Phi) is 8.31. The van der Waals surface area contributed by atoms with Crippen LogP contribution in [-0.4, -0.2) is 52.6 Å². The summed E-state index contributed by atoms with van der Waals surface area (Å²) in [4.78, 5) is 39.8. The number of benzene rings is 2. The molecule has 1 amide bonds.